The predicted octanol–water partition coefficient (Wildman–Crippen LogP) is 21.3. The molecule has 0 atom stereocenters. The topological polar surface area (TPSA) is 19.7 Å². The third kappa shape index (κ3) is 7.38. The maximum atomic E-state index is 2.56. The first kappa shape index (κ1) is 49.2. The van der Waals surface area contributed by atoms with E-state index in [1.54, 1.807) is 0 Å². The molecule has 0 saturated heterocycles. The van der Waals surface area contributed by atoms with Gasteiger partial charge in [0.25, 0.3) is 0 Å². The molecule has 4 heteroatoms. The normalized spacial score (nSPS) is 15.4. The van der Waals surface area contributed by atoms with Crippen LogP contribution >= 0.6 is 0 Å². The minimum Gasteiger partial charge on any atom is -0.341 e. The molecule has 15 aromatic rings. The fraction of sp³-hybridized carbons (Fsp3) is 0.175. The largest absolute Gasteiger partial charge is 0.341 e. The molecule has 17 rings (SSSR count). The summed E-state index contributed by atoms with van der Waals surface area (Å²) >= 11 is 0. The van der Waals surface area contributed by atoms with Gasteiger partial charge >= 0.3 is 0 Å². The number of rotatable bonds is 9. The van der Waals surface area contributed by atoms with Crippen LogP contribution in [0.2, 0.25) is 0 Å². The van der Waals surface area contributed by atoms with Crippen LogP contribution in [0.1, 0.15) is 93.4 Å². The van der Waals surface area contributed by atoms with Crippen molar-refractivity contribution in [2.75, 3.05) is 0 Å². The Bertz CT molecular complexity index is 5050. The van der Waals surface area contributed by atoms with E-state index in [1.807, 2.05) is 0 Å². The quantitative estimate of drug-likeness (QED) is 0.137. The monoisotopic (exact) mass is 1080 g/mol. The minimum atomic E-state index is -0.0741. The lowest BCUT2D eigenvalue weighted by Crippen LogP contribution is -2.30. The first-order valence-electron chi connectivity index (χ1n) is 31.0. The Labute approximate surface area is 490 Å². The highest BCUT2D eigenvalue weighted by molar-refractivity contribution is 6.12. The summed E-state index contributed by atoms with van der Waals surface area (Å²) < 4.78 is 9.88. The standard InChI is InChI=1S/C80H66N4/c1-2-81-71-26-12-8-22-63(71)67-50-56(34-42-72(67)81)79(46-16-4-17-47-79)57-36-44-77-69(52-57)65-24-10-14-28-74(65)83(77)61-38-30-54(31-39-61)55-32-40-62(41-33-55)84-75-29-15-11-25-66(75)70-53-59(37-45-78(70)84)80(48-18-5-19-49-80)58-35-43-76-68(51-58)64-23-9-13-27-73(64)82(76)60-20-6-3-7-21-60/h3,6-15,20-45,50-53H,2,4-5,16-19,46-49H2,1H3. The number of fused-ring (bicyclic) bond motifs is 12. The molecule has 0 unspecified atom stereocenters. The summed E-state index contributed by atoms with van der Waals surface area (Å²) in [4.78, 5) is 0. The lowest BCUT2D eigenvalue weighted by atomic mass is 9.65. The van der Waals surface area contributed by atoms with Crippen molar-refractivity contribution in [3.8, 4) is 28.2 Å². The zero-order valence-corrected chi connectivity index (χ0v) is 47.7. The minimum absolute atomic E-state index is 0.0371. The van der Waals surface area contributed by atoms with E-state index in [-0.39, 0.29) is 10.8 Å². The van der Waals surface area contributed by atoms with Crippen LogP contribution in [0.25, 0.3) is 115 Å². The summed E-state index contributed by atoms with van der Waals surface area (Å²) in [6, 6.07) is 95.0. The van der Waals surface area contributed by atoms with Crippen LogP contribution in [0.3, 0.4) is 0 Å². The van der Waals surface area contributed by atoms with E-state index in [0.717, 1.165) is 19.4 Å². The van der Waals surface area contributed by atoms with Crippen LogP contribution in [0.4, 0.5) is 0 Å². The van der Waals surface area contributed by atoms with Gasteiger partial charge in [0.2, 0.25) is 0 Å². The van der Waals surface area contributed by atoms with Crippen LogP contribution < -0.4 is 0 Å². The molecule has 2 fully saturated rings. The summed E-state index contributed by atoms with van der Waals surface area (Å²) in [6.45, 7) is 3.23. The Morgan fingerprint density at radius 3 is 0.929 bits per heavy atom. The molecule has 0 spiro atoms. The number of aromatic nitrogens is 4. The molecule has 0 aliphatic heterocycles. The van der Waals surface area contributed by atoms with E-state index >= 15 is 0 Å². The molecule has 4 heterocycles. The van der Waals surface area contributed by atoms with Crippen molar-refractivity contribution in [1.29, 1.82) is 0 Å². The van der Waals surface area contributed by atoms with Crippen molar-refractivity contribution in [3.05, 3.63) is 271 Å². The average Bonchev–Trinajstić information content (AvgIpc) is 3.64. The van der Waals surface area contributed by atoms with Gasteiger partial charge in [-0.3, -0.25) is 0 Å². The van der Waals surface area contributed by atoms with Gasteiger partial charge in [0.15, 0.2) is 0 Å². The van der Waals surface area contributed by atoms with Crippen molar-refractivity contribution in [3.63, 3.8) is 0 Å². The molecule has 4 nitrogen and oxygen atoms in total. The van der Waals surface area contributed by atoms with E-state index in [2.05, 4.69) is 274 Å². The van der Waals surface area contributed by atoms with Gasteiger partial charge in [-0.15, -0.1) is 0 Å². The van der Waals surface area contributed by atoms with E-state index < -0.39 is 0 Å². The van der Waals surface area contributed by atoms with Crippen molar-refractivity contribution in [1.82, 2.24) is 18.3 Å². The molecule has 0 N–H and O–H groups in total. The number of benzene rings is 11. The van der Waals surface area contributed by atoms with Gasteiger partial charge in [-0.2, -0.15) is 0 Å². The molecule has 0 amide bonds. The highest BCUT2D eigenvalue weighted by atomic mass is 15.0. The fourth-order valence-electron chi connectivity index (χ4n) is 16.3. The summed E-state index contributed by atoms with van der Waals surface area (Å²) in [7, 11) is 0. The zero-order valence-electron chi connectivity index (χ0n) is 47.7. The molecule has 2 aliphatic rings. The number of hydrogen-bond acceptors (Lipinski definition) is 0. The highest BCUT2D eigenvalue weighted by Gasteiger charge is 2.38. The average molecular weight is 1080 g/mol. The second-order valence-corrected chi connectivity index (χ2v) is 24.5. The molecule has 2 aliphatic carbocycles. The Kier molecular flexibility index (Phi) is 11.3. The van der Waals surface area contributed by atoms with Gasteiger partial charge in [0.1, 0.15) is 0 Å². The summed E-state index contributed by atoms with van der Waals surface area (Å²) in [6.07, 6.45) is 12.2. The fourth-order valence-corrected chi connectivity index (χ4v) is 16.3. The maximum absolute atomic E-state index is 2.56. The predicted molar refractivity (Wildman–Crippen MR) is 354 cm³/mol. The van der Waals surface area contributed by atoms with E-state index in [9.17, 15) is 0 Å². The van der Waals surface area contributed by atoms with Gasteiger partial charge in [-0.05, 0) is 175 Å². The Morgan fingerprint density at radius 2 is 0.548 bits per heavy atom. The first-order chi connectivity index (χ1) is 41.6. The van der Waals surface area contributed by atoms with Crippen molar-refractivity contribution in [2.24, 2.45) is 0 Å². The van der Waals surface area contributed by atoms with E-state index in [4.69, 9.17) is 0 Å². The molecule has 11 aromatic carbocycles. The lowest BCUT2D eigenvalue weighted by Gasteiger charge is -2.39. The molecule has 0 radical (unpaired) electrons. The SMILES string of the molecule is CCn1c2ccccc2c2cc(C3(c4ccc5c(c4)c4ccccc4n5-c4ccc(-c5ccc(-n6c7ccccc7c7cc(C8(c9ccc%10c(c9)c9ccccc9n%10-c9ccccc9)CCCCC8)ccc76)cc5)cc4)CCCCC3)ccc21. The molecule has 406 valence electrons. The van der Waals surface area contributed by atoms with Crippen LogP contribution in [-0.2, 0) is 17.4 Å². The third-order valence-corrected chi connectivity index (χ3v) is 20.3. The molecular formula is C80H66N4. The van der Waals surface area contributed by atoms with E-state index in [0.29, 0.717) is 0 Å². The van der Waals surface area contributed by atoms with Crippen LogP contribution in [0, 0.1) is 0 Å². The Morgan fingerprint density at radius 1 is 0.262 bits per heavy atom. The lowest BCUT2D eigenvalue weighted by molar-refractivity contribution is 0.346. The second-order valence-electron chi connectivity index (χ2n) is 24.5. The molecule has 4 aromatic heterocycles. The Balaban J connectivity index is 0.704. The number of hydrogen-bond donors (Lipinski definition) is 0. The number of aryl methyl sites for hydroxylation is 1. The van der Waals surface area contributed by atoms with E-state index in [1.165, 1.54) is 189 Å². The van der Waals surface area contributed by atoms with Crippen LogP contribution in [0.15, 0.2) is 249 Å². The third-order valence-electron chi connectivity index (χ3n) is 20.3. The summed E-state index contributed by atoms with van der Waals surface area (Å²) in [5.74, 6) is 0. The highest BCUT2D eigenvalue weighted by Crippen LogP contribution is 2.50. The smallest absolute Gasteiger partial charge is 0.0541 e. The number of nitrogens with zero attached hydrogens (tertiary/aromatic N) is 4. The first-order valence-corrected chi connectivity index (χ1v) is 31.0. The molecule has 84 heavy (non-hydrogen) atoms. The van der Waals surface area contributed by atoms with Gasteiger partial charge in [-0.1, -0.05) is 178 Å². The Hall–Kier alpha value is -9.38. The van der Waals surface area contributed by atoms with Crippen molar-refractivity contribution < 1.29 is 0 Å². The number of para-hydroxylation sites is 5. The maximum Gasteiger partial charge on any atom is 0.0541 e. The van der Waals surface area contributed by atoms with Gasteiger partial charge in [-0.25, -0.2) is 0 Å². The zero-order chi connectivity index (χ0) is 55.5. The summed E-state index contributed by atoms with van der Waals surface area (Å²) in [5.41, 5.74) is 21.8. The second kappa shape index (κ2) is 19.4. The molecule has 0 bridgehead atoms. The van der Waals surface area contributed by atoms with Crippen LogP contribution in [0.5, 0.6) is 0 Å². The van der Waals surface area contributed by atoms with Crippen molar-refractivity contribution >= 4 is 87.2 Å². The van der Waals surface area contributed by atoms with Crippen molar-refractivity contribution in [2.45, 2.75) is 88.5 Å². The summed E-state index contributed by atoms with van der Waals surface area (Å²) in [5, 5.41) is 10.6. The van der Waals surface area contributed by atoms with Gasteiger partial charge in [0, 0.05) is 88.6 Å². The van der Waals surface area contributed by atoms with Gasteiger partial charge in [0.05, 0.1) is 33.1 Å². The van der Waals surface area contributed by atoms with Gasteiger partial charge < -0.3 is 18.3 Å². The molecule has 2 saturated carbocycles. The van der Waals surface area contributed by atoms with Crippen LogP contribution in [-0.4, -0.2) is 18.3 Å². The molecular weight excluding hydrogens is 1020 g/mol.